The van der Waals surface area contributed by atoms with Crippen LogP contribution < -0.4 is 5.32 Å². The highest BCUT2D eigenvalue weighted by Gasteiger charge is 2.37. The zero-order valence-electron chi connectivity index (χ0n) is 16.8. The number of hydrogen-bond donors (Lipinski definition) is 2. The molecule has 1 saturated heterocycles. The van der Waals surface area contributed by atoms with Crippen molar-refractivity contribution in [3.05, 3.63) is 78.0 Å². The van der Waals surface area contributed by atoms with Gasteiger partial charge in [-0.2, -0.15) is 5.10 Å². The number of aliphatic hydroxyl groups excluding tert-OH is 1. The first-order chi connectivity index (χ1) is 14.1. The Bertz CT molecular complexity index is 929. The maximum Gasteiger partial charge on any atom is 0.228 e. The van der Waals surface area contributed by atoms with Crippen molar-refractivity contribution in [3.63, 3.8) is 0 Å². The lowest BCUT2D eigenvalue weighted by molar-refractivity contribution is -0.137. The maximum absolute atomic E-state index is 13.6. The Morgan fingerprint density at radius 1 is 1.30 bits per heavy atom. The quantitative estimate of drug-likeness (QED) is 0.601. The Balaban J connectivity index is 0.00000256. The van der Waals surface area contributed by atoms with Crippen LogP contribution in [0, 0.1) is 5.92 Å². The SMILES string of the molecule is Cl.Cn1cc([C@H]2CNC[C@@H]2C(=O)N(Cc2ccccc2)CC(O)c2ccco2)cn1. The summed E-state index contributed by atoms with van der Waals surface area (Å²) in [5, 5.41) is 18.2. The average Bonchev–Trinajstić information content (AvgIpc) is 3.48. The molecule has 3 aromatic rings. The van der Waals surface area contributed by atoms with E-state index in [1.165, 1.54) is 6.26 Å². The van der Waals surface area contributed by atoms with E-state index in [4.69, 9.17) is 4.42 Å². The van der Waals surface area contributed by atoms with E-state index in [1.54, 1.807) is 21.7 Å². The fraction of sp³-hybridized carbons (Fsp3) is 0.364. The first-order valence-electron chi connectivity index (χ1n) is 9.85. The Labute approximate surface area is 182 Å². The highest BCUT2D eigenvalue weighted by atomic mass is 35.5. The number of benzene rings is 1. The van der Waals surface area contributed by atoms with Crippen molar-refractivity contribution >= 4 is 18.3 Å². The van der Waals surface area contributed by atoms with Crippen LogP contribution in [-0.4, -0.2) is 45.3 Å². The van der Waals surface area contributed by atoms with Crippen LogP contribution in [-0.2, 0) is 18.4 Å². The van der Waals surface area contributed by atoms with Gasteiger partial charge in [0.05, 0.1) is 24.9 Å². The molecule has 1 unspecified atom stereocenters. The number of nitrogens with zero attached hydrogens (tertiary/aromatic N) is 3. The van der Waals surface area contributed by atoms with Gasteiger partial charge in [-0.3, -0.25) is 9.48 Å². The number of aromatic nitrogens is 2. The van der Waals surface area contributed by atoms with E-state index in [9.17, 15) is 9.90 Å². The summed E-state index contributed by atoms with van der Waals surface area (Å²) in [4.78, 5) is 15.3. The molecular weight excluding hydrogens is 404 g/mol. The summed E-state index contributed by atoms with van der Waals surface area (Å²) in [5.41, 5.74) is 2.08. The summed E-state index contributed by atoms with van der Waals surface area (Å²) in [6, 6.07) is 13.3. The van der Waals surface area contributed by atoms with E-state index in [1.807, 2.05) is 49.8 Å². The minimum absolute atomic E-state index is 0. The molecule has 30 heavy (non-hydrogen) atoms. The minimum atomic E-state index is -0.871. The summed E-state index contributed by atoms with van der Waals surface area (Å²) in [5.74, 6) is 0.351. The topological polar surface area (TPSA) is 83.5 Å². The average molecular weight is 431 g/mol. The second-order valence-electron chi connectivity index (χ2n) is 7.55. The van der Waals surface area contributed by atoms with E-state index in [0.717, 1.165) is 17.7 Å². The summed E-state index contributed by atoms with van der Waals surface area (Å²) in [6.45, 7) is 1.97. The number of aliphatic hydroxyl groups is 1. The van der Waals surface area contributed by atoms with Gasteiger partial charge in [0.1, 0.15) is 11.9 Å². The van der Waals surface area contributed by atoms with Crippen LogP contribution in [0.3, 0.4) is 0 Å². The van der Waals surface area contributed by atoms with Gasteiger partial charge in [0, 0.05) is 38.8 Å². The second kappa shape index (κ2) is 9.93. The van der Waals surface area contributed by atoms with Gasteiger partial charge in [0.25, 0.3) is 0 Å². The van der Waals surface area contributed by atoms with E-state index in [-0.39, 0.29) is 36.7 Å². The number of carbonyl (C=O) groups is 1. The van der Waals surface area contributed by atoms with Gasteiger partial charge in [0.15, 0.2) is 0 Å². The monoisotopic (exact) mass is 430 g/mol. The molecule has 1 amide bonds. The summed E-state index contributed by atoms with van der Waals surface area (Å²) in [7, 11) is 1.88. The van der Waals surface area contributed by atoms with Crippen LogP contribution in [0.4, 0.5) is 0 Å². The number of amides is 1. The van der Waals surface area contributed by atoms with E-state index in [2.05, 4.69) is 10.4 Å². The molecule has 7 nitrogen and oxygen atoms in total. The molecule has 1 aliphatic rings. The molecule has 3 atom stereocenters. The van der Waals surface area contributed by atoms with Crippen molar-refractivity contribution in [2.45, 2.75) is 18.6 Å². The predicted molar refractivity (Wildman–Crippen MR) is 115 cm³/mol. The van der Waals surface area contributed by atoms with Gasteiger partial charge in [-0.15, -0.1) is 12.4 Å². The molecule has 1 fully saturated rings. The Morgan fingerprint density at radius 3 is 2.77 bits per heavy atom. The molecule has 2 N–H and O–H groups in total. The van der Waals surface area contributed by atoms with Gasteiger partial charge in [-0.25, -0.2) is 0 Å². The number of carbonyl (C=O) groups excluding carboxylic acids is 1. The minimum Gasteiger partial charge on any atom is -0.467 e. The smallest absolute Gasteiger partial charge is 0.228 e. The Kier molecular flexibility index (Phi) is 7.31. The van der Waals surface area contributed by atoms with Gasteiger partial charge < -0.3 is 19.7 Å². The molecule has 0 saturated carbocycles. The third kappa shape index (κ3) is 4.92. The number of aryl methyl sites for hydroxylation is 1. The summed E-state index contributed by atoms with van der Waals surface area (Å²) in [6.07, 6.45) is 4.46. The Hall–Kier alpha value is -2.61. The number of hydrogen-bond acceptors (Lipinski definition) is 5. The second-order valence-corrected chi connectivity index (χ2v) is 7.55. The highest BCUT2D eigenvalue weighted by molar-refractivity contribution is 5.85. The molecule has 8 heteroatoms. The first kappa shape index (κ1) is 22.1. The normalized spacial score (nSPS) is 19.3. The van der Waals surface area contributed by atoms with Crippen LogP contribution in [0.5, 0.6) is 0 Å². The maximum atomic E-state index is 13.6. The first-order valence-corrected chi connectivity index (χ1v) is 9.85. The number of rotatable bonds is 7. The van der Waals surface area contributed by atoms with E-state index < -0.39 is 6.10 Å². The molecule has 0 spiro atoms. The lowest BCUT2D eigenvalue weighted by atomic mass is 9.89. The van der Waals surface area contributed by atoms with E-state index in [0.29, 0.717) is 18.8 Å². The van der Waals surface area contributed by atoms with Gasteiger partial charge in [-0.05, 0) is 23.3 Å². The zero-order chi connectivity index (χ0) is 20.2. The molecule has 0 radical (unpaired) electrons. The highest BCUT2D eigenvalue weighted by Crippen LogP contribution is 2.30. The molecule has 1 aromatic carbocycles. The van der Waals surface area contributed by atoms with Crippen molar-refractivity contribution in [3.8, 4) is 0 Å². The third-order valence-corrected chi connectivity index (χ3v) is 5.48. The number of furan rings is 1. The zero-order valence-corrected chi connectivity index (χ0v) is 17.7. The van der Waals surface area contributed by atoms with Crippen LogP contribution >= 0.6 is 12.4 Å². The molecule has 2 aromatic heterocycles. The summed E-state index contributed by atoms with van der Waals surface area (Å²) < 4.78 is 7.09. The predicted octanol–water partition coefficient (Wildman–Crippen LogP) is 2.50. The fourth-order valence-corrected chi connectivity index (χ4v) is 3.97. The number of nitrogens with one attached hydrogen (secondary N) is 1. The fourth-order valence-electron chi connectivity index (χ4n) is 3.97. The van der Waals surface area contributed by atoms with Gasteiger partial charge >= 0.3 is 0 Å². The van der Waals surface area contributed by atoms with Gasteiger partial charge in [0.2, 0.25) is 5.91 Å². The standard InChI is InChI=1S/C22H26N4O3.ClH/c1-25-14-17(10-24-25)18-11-23-12-19(18)22(28)26(13-16-6-3-2-4-7-16)15-20(27)21-8-5-9-29-21;/h2-10,14,18-20,23,27H,11-13,15H2,1H3;1H/t18-,19+,20?;/m1./s1. The van der Waals surface area contributed by atoms with Crippen LogP contribution in [0.15, 0.2) is 65.5 Å². The molecule has 160 valence electrons. The van der Waals surface area contributed by atoms with Crippen LogP contribution in [0.1, 0.15) is 28.9 Å². The molecule has 3 heterocycles. The summed E-state index contributed by atoms with van der Waals surface area (Å²) >= 11 is 0. The number of halogens is 1. The molecule has 1 aliphatic heterocycles. The van der Waals surface area contributed by atoms with Gasteiger partial charge in [-0.1, -0.05) is 30.3 Å². The van der Waals surface area contributed by atoms with Crippen molar-refractivity contribution in [2.24, 2.45) is 13.0 Å². The van der Waals surface area contributed by atoms with Crippen LogP contribution in [0.2, 0.25) is 0 Å². The largest absolute Gasteiger partial charge is 0.467 e. The van der Waals surface area contributed by atoms with Crippen molar-refractivity contribution < 1.29 is 14.3 Å². The molecule has 0 aliphatic carbocycles. The third-order valence-electron chi connectivity index (χ3n) is 5.48. The van der Waals surface area contributed by atoms with Crippen molar-refractivity contribution in [2.75, 3.05) is 19.6 Å². The molecule has 4 rings (SSSR count). The molecular formula is C22H27ClN4O3. The van der Waals surface area contributed by atoms with Crippen molar-refractivity contribution in [1.82, 2.24) is 20.0 Å². The van der Waals surface area contributed by atoms with E-state index >= 15 is 0 Å². The molecule has 0 bridgehead atoms. The lowest BCUT2D eigenvalue weighted by Gasteiger charge is -2.29. The van der Waals surface area contributed by atoms with Crippen LogP contribution in [0.25, 0.3) is 0 Å². The lowest BCUT2D eigenvalue weighted by Crippen LogP contribution is -2.40. The van der Waals surface area contributed by atoms with Crippen molar-refractivity contribution in [1.29, 1.82) is 0 Å². The Morgan fingerprint density at radius 2 is 2.10 bits per heavy atom.